The van der Waals surface area contributed by atoms with Gasteiger partial charge in [0.15, 0.2) is 0 Å². The van der Waals surface area contributed by atoms with E-state index in [0.717, 1.165) is 25.8 Å². The topological polar surface area (TPSA) is 48.1 Å². The fourth-order valence-corrected chi connectivity index (χ4v) is 3.26. The van der Waals surface area contributed by atoms with Gasteiger partial charge in [-0.1, -0.05) is 11.6 Å². The summed E-state index contributed by atoms with van der Waals surface area (Å²) in [5.74, 6) is 0.730. The number of methoxy groups -OCH3 is 1. The van der Waals surface area contributed by atoms with Crippen molar-refractivity contribution >= 4 is 38.9 Å². The van der Waals surface area contributed by atoms with E-state index in [-0.39, 0.29) is 0 Å². The highest BCUT2D eigenvalue weighted by Crippen LogP contribution is 2.36. The lowest BCUT2D eigenvalue weighted by atomic mass is 10.2. The van der Waals surface area contributed by atoms with Crippen molar-refractivity contribution in [1.82, 2.24) is 4.98 Å². The summed E-state index contributed by atoms with van der Waals surface area (Å²) in [6.07, 6.45) is 0. The van der Waals surface area contributed by atoms with Crippen LogP contribution in [0.25, 0.3) is 10.6 Å². The van der Waals surface area contributed by atoms with Crippen molar-refractivity contribution in [3.8, 4) is 16.3 Å². The van der Waals surface area contributed by atoms with Gasteiger partial charge in [0.25, 0.3) is 0 Å². The minimum atomic E-state index is 0.408. The van der Waals surface area contributed by atoms with Gasteiger partial charge in [-0.25, -0.2) is 4.98 Å². The summed E-state index contributed by atoms with van der Waals surface area (Å²) < 4.78 is 6.05. The molecule has 2 rings (SSSR count). The van der Waals surface area contributed by atoms with E-state index in [1.807, 2.05) is 12.1 Å². The molecule has 0 saturated heterocycles. The van der Waals surface area contributed by atoms with E-state index in [9.17, 15) is 0 Å². The zero-order chi connectivity index (χ0) is 12.4. The standard InChI is InChI=1S/C11H10BrClN2OS/c1-16-6-2-3-7(8(13)4-6)11-15-9(5-14)10(12)17-11/h2-4H,5,14H2,1H3. The molecule has 17 heavy (non-hydrogen) atoms. The Morgan fingerprint density at radius 1 is 1.53 bits per heavy atom. The average molecular weight is 334 g/mol. The summed E-state index contributed by atoms with van der Waals surface area (Å²) in [7, 11) is 1.61. The molecule has 0 aliphatic heterocycles. The third-order valence-electron chi connectivity index (χ3n) is 2.25. The van der Waals surface area contributed by atoms with Gasteiger partial charge in [0.2, 0.25) is 0 Å². The van der Waals surface area contributed by atoms with E-state index < -0.39 is 0 Å². The van der Waals surface area contributed by atoms with E-state index in [0.29, 0.717) is 11.6 Å². The lowest BCUT2D eigenvalue weighted by molar-refractivity contribution is 0.415. The third kappa shape index (κ3) is 2.63. The molecule has 0 amide bonds. The Labute approximate surface area is 117 Å². The van der Waals surface area contributed by atoms with Crippen LogP contribution >= 0.6 is 38.9 Å². The number of hydrogen-bond donors (Lipinski definition) is 1. The summed E-state index contributed by atoms with van der Waals surface area (Å²) in [6.45, 7) is 0.408. The van der Waals surface area contributed by atoms with Crippen LogP contribution < -0.4 is 10.5 Å². The molecule has 0 aliphatic carbocycles. The molecule has 0 spiro atoms. The fourth-order valence-electron chi connectivity index (χ4n) is 1.37. The molecule has 0 unspecified atom stereocenters. The van der Waals surface area contributed by atoms with Gasteiger partial charge in [-0.15, -0.1) is 11.3 Å². The Morgan fingerprint density at radius 3 is 2.82 bits per heavy atom. The number of ether oxygens (including phenoxy) is 1. The lowest BCUT2D eigenvalue weighted by Gasteiger charge is -2.03. The minimum absolute atomic E-state index is 0.408. The number of hydrogen-bond acceptors (Lipinski definition) is 4. The van der Waals surface area contributed by atoms with Gasteiger partial charge in [0.05, 0.1) is 21.6 Å². The predicted octanol–water partition coefficient (Wildman–Crippen LogP) is 3.69. The zero-order valence-corrected chi connectivity index (χ0v) is 12.2. The van der Waals surface area contributed by atoms with E-state index >= 15 is 0 Å². The van der Waals surface area contributed by atoms with Gasteiger partial charge in [-0.2, -0.15) is 0 Å². The molecule has 0 radical (unpaired) electrons. The monoisotopic (exact) mass is 332 g/mol. The summed E-state index contributed by atoms with van der Waals surface area (Å²) >= 11 is 11.1. The van der Waals surface area contributed by atoms with Gasteiger partial charge in [0, 0.05) is 12.1 Å². The van der Waals surface area contributed by atoms with Crippen molar-refractivity contribution in [3.63, 3.8) is 0 Å². The maximum atomic E-state index is 6.19. The van der Waals surface area contributed by atoms with Crippen molar-refractivity contribution < 1.29 is 4.74 Å². The van der Waals surface area contributed by atoms with E-state index in [1.165, 1.54) is 11.3 Å². The van der Waals surface area contributed by atoms with Crippen molar-refractivity contribution in [2.75, 3.05) is 7.11 Å². The van der Waals surface area contributed by atoms with Crippen LogP contribution in [0.5, 0.6) is 5.75 Å². The smallest absolute Gasteiger partial charge is 0.126 e. The average Bonchev–Trinajstić information content (AvgIpc) is 2.70. The largest absolute Gasteiger partial charge is 0.497 e. The number of halogens is 2. The highest BCUT2D eigenvalue weighted by molar-refractivity contribution is 9.11. The second-order valence-corrected chi connectivity index (χ2v) is 6.01. The highest BCUT2D eigenvalue weighted by Gasteiger charge is 2.12. The number of nitrogens with two attached hydrogens (primary N) is 1. The van der Waals surface area contributed by atoms with Crippen LogP contribution in [0.4, 0.5) is 0 Å². The zero-order valence-electron chi connectivity index (χ0n) is 9.04. The molecule has 0 aliphatic rings. The Morgan fingerprint density at radius 2 is 2.29 bits per heavy atom. The molecule has 0 fully saturated rings. The molecular formula is C11H10BrClN2OS. The Balaban J connectivity index is 2.45. The Bertz CT molecular complexity index is 544. The van der Waals surface area contributed by atoms with Gasteiger partial charge < -0.3 is 10.5 Å². The molecule has 0 saturated carbocycles. The van der Waals surface area contributed by atoms with Crippen LogP contribution in [0.3, 0.4) is 0 Å². The first kappa shape index (κ1) is 12.8. The van der Waals surface area contributed by atoms with E-state index in [4.69, 9.17) is 22.1 Å². The first-order chi connectivity index (χ1) is 8.15. The van der Waals surface area contributed by atoms with Gasteiger partial charge in [-0.3, -0.25) is 0 Å². The summed E-state index contributed by atoms with van der Waals surface area (Å²) in [5, 5.41) is 1.47. The minimum Gasteiger partial charge on any atom is -0.497 e. The van der Waals surface area contributed by atoms with Crippen LogP contribution in [-0.2, 0) is 6.54 Å². The number of nitrogens with zero attached hydrogens (tertiary/aromatic N) is 1. The first-order valence-electron chi connectivity index (χ1n) is 4.85. The second-order valence-electron chi connectivity index (χ2n) is 3.29. The fraction of sp³-hybridized carbons (Fsp3) is 0.182. The maximum absolute atomic E-state index is 6.19. The molecule has 0 bridgehead atoms. The Hall–Kier alpha value is -0.620. The van der Waals surface area contributed by atoms with Crippen LogP contribution in [0.15, 0.2) is 22.0 Å². The molecule has 2 N–H and O–H groups in total. The van der Waals surface area contributed by atoms with Gasteiger partial charge in [-0.05, 0) is 34.1 Å². The quantitative estimate of drug-likeness (QED) is 0.932. The molecule has 90 valence electrons. The third-order valence-corrected chi connectivity index (χ3v) is 4.43. The molecule has 1 aromatic carbocycles. The SMILES string of the molecule is COc1ccc(-c2nc(CN)c(Br)s2)c(Cl)c1. The van der Waals surface area contributed by atoms with E-state index in [2.05, 4.69) is 20.9 Å². The molecular weight excluding hydrogens is 324 g/mol. The summed E-state index contributed by atoms with van der Waals surface area (Å²) in [6, 6.07) is 5.53. The van der Waals surface area contributed by atoms with Crippen molar-refractivity contribution in [3.05, 3.63) is 32.7 Å². The first-order valence-corrected chi connectivity index (χ1v) is 6.83. The molecule has 2 aromatic rings. The van der Waals surface area contributed by atoms with Crippen molar-refractivity contribution in [2.24, 2.45) is 5.73 Å². The number of thiazole rings is 1. The van der Waals surface area contributed by atoms with E-state index in [1.54, 1.807) is 13.2 Å². The van der Waals surface area contributed by atoms with Gasteiger partial charge in [0.1, 0.15) is 10.8 Å². The number of benzene rings is 1. The normalized spacial score (nSPS) is 10.6. The lowest BCUT2D eigenvalue weighted by Crippen LogP contribution is -1.96. The Kier molecular flexibility index (Phi) is 4.04. The predicted molar refractivity (Wildman–Crippen MR) is 74.7 cm³/mol. The maximum Gasteiger partial charge on any atom is 0.126 e. The van der Waals surface area contributed by atoms with Crippen molar-refractivity contribution in [1.29, 1.82) is 0 Å². The van der Waals surface area contributed by atoms with Gasteiger partial charge >= 0.3 is 0 Å². The molecule has 1 aromatic heterocycles. The second kappa shape index (κ2) is 5.35. The van der Waals surface area contributed by atoms with Crippen molar-refractivity contribution in [2.45, 2.75) is 6.54 Å². The highest BCUT2D eigenvalue weighted by atomic mass is 79.9. The van der Waals surface area contributed by atoms with Crippen LogP contribution in [0.1, 0.15) is 5.69 Å². The molecule has 1 heterocycles. The molecule has 0 atom stereocenters. The summed E-state index contributed by atoms with van der Waals surface area (Å²) in [5.41, 5.74) is 7.32. The molecule has 3 nitrogen and oxygen atoms in total. The van der Waals surface area contributed by atoms with Crippen LogP contribution in [0, 0.1) is 0 Å². The summed E-state index contributed by atoms with van der Waals surface area (Å²) in [4.78, 5) is 4.44. The van der Waals surface area contributed by atoms with Crippen LogP contribution in [-0.4, -0.2) is 12.1 Å². The van der Waals surface area contributed by atoms with Crippen LogP contribution in [0.2, 0.25) is 5.02 Å². The number of rotatable bonds is 3. The number of aromatic nitrogens is 1. The molecule has 6 heteroatoms.